The summed E-state index contributed by atoms with van der Waals surface area (Å²) in [5.41, 5.74) is 5.18. The van der Waals surface area contributed by atoms with E-state index in [4.69, 9.17) is 37.6 Å². The number of aromatic nitrogens is 1. The highest BCUT2D eigenvalue weighted by Gasteiger charge is 2.53. The zero-order valence-electron chi connectivity index (χ0n) is 31.2. The topological polar surface area (TPSA) is 127 Å². The number of phosphoric ester groups is 1. The summed E-state index contributed by atoms with van der Waals surface area (Å²) >= 11 is -3.51. The molecule has 4 aliphatic rings. The Kier molecular flexibility index (Phi) is 8.43. The van der Waals surface area contributed by atoms with E-state index in [1.165, 1.54) is 0 Å². The molecule has 0 saturated carbocycles. The molecule has 0 amide bonds. The number of hydrogen-bond donors (Lipinski definition) is 0. The summed E-state index contributed by atoms with van der Waals surface area (Å²) in [5.74, 6) is 4.09. The van der Waals surface area contributed by atoms with Crippen molar-refractivity contribution in [2.45, 2.75) is 6.54 Å². The van der Waals surface area contributed by atoms with Gasteiger partial charge in [-0.1, -0.05) is 133 Å². The van der Waals surface area contributed by atoms with Gasteiger partial charge in [0.15, 0.2) is 23.3 Å². The minimum Gasteiger partial charge on any atom is -0.400 e. The lowest BCUT2D eigenvalue weighted by atomic mass is 10.1. The quantitative estimate of drug-likeness (QED) is 0.0902. The van der Waals surface area contributed by atoms with Crippen LogP contribution in [0.25, 0.3) is 10.8 Å². The number of nitrogens with zero attached hydrogens (tertiary/aromatic N) is 8. The maximum absolute atomic E-state index is 15.6. The number of hydrogen-bond acceptors (Lipinski definition) is 10. The van der Waals surface area contributed by atoms with Crippen molar-refractivity contribution in [3.63, 3.8) is 0 Å². The Bertz CT molecular complexity index is 3040. The molecule has 1 aromatic heterocycles. The van der Waals surface area contributed by atoms with Crippen molar-refractivity contribution >= 4 is 81.0 Å². The Morgan fingerprint density at radius 2 is 1.15 bits per heavy atom. The van der Waals surface area contributed by atoms with Gasteiger partial charge in [-0.2, -0.15) is 0 Å². The minimum absolute atomic E-state index is 0.307. The van der Waals surface area contributed by atoms with Crippen LogP contribution in [0, 0.1) is 0 Å². The van der Waals surface area contributed by atoms with Gasteiger partial charge in [-0.05, 0) is 36.5 Å². The molecular formula is C45H30AlN8O4P. The molecule has 4 aliphatic heterocycles. The normalized spacial score (nSPS) is 16.5. The van der Waals surface area contributed by atoms with Gasteiger partial charge in [-0.25, -0.2) is 34.5 Å². The first kappa shape index (κ1) is 35.2. The summed E-state index contributed by atoms with van der Waals surface area (Å²) in [6, 6.07) is 49.4. The van der Waals surface area contributed by atoms with Gasteiger partial charge >= 0.3 is 22.7 Å². The van der Waals surface area contributed by atoms with E-state index in [1.807, 2.05) is 107 Å². The van der Waals surface area contributed by atoms with Crippen LogP contribution in [0.3, 0.4) is 0 Å². The van der Waals surface area contributed by atoms with Crippen LogP contribution >= 0.6 is 7.82 Å². The van der Waals surface area contributed by atoms with E-state index < -0.39 is 22.7 Å². The fraction of sp³-hybridized carbons (Fsp3) is 0.0222. The third-order valence-corrected chi connectivity index (χ3v) is 14.9. The smallest absolute Gasteiger partial charge is 0.400 e. The van der Waals surface area contributed by atoms with Crippen LogP contribution in [0.1, 0.15) is 33.4 Å². The number of rotatable bonds is 7. The Morgan fingerprint density at radius 3 is 1.83 bits per heavy atom. The van der Waals surface area contributed by atoms with Gasteiger partial charge in [-0.3, -0.25) is 0 Å². The molecule has 7 aromatic rings. The summed E-state index contributed by atoms with van der Waals surface area (Å²) in [4.78, 5) is 30.2. The zero-order valence-corrected chi connectivity index (χ0v) is 33.2. The van der Waals surface area contributed by atoms with E-state index in [9.17, 15) is 0 Å². The first-order chi connectivity index (χ1) is 29.0. The molecule has 11 rings (SSSR count). The summed E-state index contributed by atoms with van der Waals surface area (Å²) in [6.07, 6.45) is 0. The fourth-order valence-electron chi connectivity index (χ4n) is 7.77. The number of aliphatic imine (C=N–C) groups is 6. The highest BCUT2D eigenvalue weighted by molar-refractivity contribution is 7.50. The predicted octanol–water partition coefficient (Wildman–Crippen LogP) is 9.41. The molecule has 0 saturated heterocycles. The van der Waals surface area contributed by atoms with E-state index in [2.05, 4.69) is 21.7 Å². The van der Waals surface area contributed by atoms with Crippen molar-refractivity contribution in [1.29, 1.82) is 0 Å². The summed E-state index contributed by atoms with van der Waals surface area (Å²) in [7, 11) is -4.56. The average Bonchev–Trinajstić information content (AvgIpc) is 4.01. The fourth-order valence-corrected chi connectivity index (χ4v) is 12.5. The third-order valence-electron chi connectivity index (χ3n) is 10.4. The second-order valence-corrected chi connectivity index (χ2v) is 17.9. The minimum atomic E-state index is -4.56. The van der Waals surface area contributed by atoms with Crippen LogP contribution in [0.15, 0.2) is 188 Å². The van der Waals surface area contributed by atoms with Gasteiger partial charge in [-0.15, -0.1) is 0 Å². The van der Waals surface area contributed by atoms with Crippen molar-refractivity contribution in [2.24, 2.45) is 30.0 Å². The van der Waals surface area contributed by atoms with E-state index in [0.29, 0.717) is 58.9 Å². The first-order valence-corrected chi connectivity index (χ1v) is 21.9. The molecule has 2 bridgehead atoms. The van der Waals surface area contributed by atoms with Crippen molar-refractivity contribution < 1.29 is 17.2 Å². The lowest BCUT2D eigenvalue weighted by Crippen LogP contribution is -2.48. The molecule has 0 N–H and O–H groups in total. The van der Waals surface area contributed by atoms with Gasteiger partial charge in [0.2, 0.25) is 0 Å². The summed E-state index contributed by atoms with van der Waals surface area (Å²) in [6.45, 7) is 4.15. The molecule has 0 spiro atoms. The molecule has 59 heavy (non-hydrogen) atoms. The van der Waals surface area contributed by atoms with Crippen LogP contribution in [-0.2, 0) is 14.7 Å². The second kappa shape index (κ2) is 14.1. The Hall–Kier alpha value is -7.00. The van der Waals surface area contributed by atoms with Crippen molar-refractivity contribution in [3.8, 4) is 11.5 Å². The number of fused-ring (bicyclic) bond motifs is 11. The molecule has 0 radical (unpaired) electrons. The predicted molar refractivity (Wildman–Crippen MR) is 232 cm³/mol. The highest BCUT2D eigenvalue weighted by Crippen LogP contribution is 2.53. The first-order valence-electron chi connectivity index (χ1n) is 18.9. The van der Waals surface area contributed by atoms with Crippen molar-refractivity contribution in [2.75, 3.05) is 0 Å². The van der Waals surface area contributed by atoms with Crippen LogP contribution in [0.2, 0.25) is 0 Å². The standard InChI is InChI=1S/C33H20N8.C12H11O4P.Al/c1-34-27-21-12-4-5-13-22(21)29(36-27)38-31-25-16-8-9-17-26(25)33(40-31)41-32-24-15-7-6-14-23(24)30(39-32)37-28-20-11-3-2-10-19(20)18-35-28;13-17(14,15-11-7-3-1-4-8-11)16-12-9-5-2-6-10-12;/h2-17H,1,18H2;1-10H,(H,13,14);/q-2;;+3/p-1/b38-29-;;. The summed E-state index contributed by atoms with van der Waals surface area (Å²) in [5, 5.41) is 1.54. The van der Waals surface area contributed by atoms with Crippen LogP contribution in [0.4, 0.5) is 11.6 Å². The molecule has 12 nitrogen and oxygen atoms in total. The van der Waals surface area contributed by atoms with E-state index in [-0.39, 0.29) is 0 Å². The Labute approximate surface area is 343 Å². The second-order valence-electron chi connectivity index (χ2n) is 14.0. The molecule has 14 heteroatoms. The van der Waals surface area contributed by atoms with E-state index >= 15 is 4.57 Å². The van der Waals surface area contributed by atoms with Crippen LogP contribution < -0.4 is 9.05 Å². The SMILES string of the molecule is C=NC1=N/C(=N\c2c3ccccc3c3[n]2[Al]([O]P(=O)(Oc2ccccc2)Oc2ccccc2)[N]2Cc4ccccc4C2=NC2=N/C(=N\3)c3ccccc32)c2ccccc21. The number of phosphoric acid groups is 1. The lowest BCUT2D eigenvalue weighted by molar-refractivity contribution is 0.286. The molecule has 0 atom stereocenters. The molecular weight excluding hydrogens is 775 g/mol. The molecule has 282 valence electrons. The average molecular weight is 805 g/mol. The van der Waals surface area contributed by atoms with Gasteiger partial charge in [0.25, 0.3) is 0 Å². The maximum Gasteiger partial charge on any atom is 0.814 e. The molecule has 0 aliphatic carbocycles. The number of benzene rings is 6. The number of amidine groups is 5. The Morgan fingerprint density at radius 1 is 0.593 bits per heavy atom. The molecule has 5 heterocycles. The maximum atomic E-state index is 15.6. The van der Waals surface area contributed by atoms with Crippen LogP contribution in [-0.4, -0.2) is 58.3 Å². The molecule has 0 unspecified atom stereocenters. The van der Waals surface area contributed by atoms with Gasteiger partial charge in [0.1, 0.15) is 29.0 Å². The van der Waals surface area contributed by atoms with Crippen molar-refractivity contribution in [3.05, 3.63) is 191 Å². The van der Waals surface area contributed by atoms with Gasteiger partial charge in [0, 0.05) is 45.1 Å². The number of para-hydroxylation sites is 2. The molecule has 0 fully saturated rings. The summed E-state index contributed by atoms with van der Waals surface area (Å²) < 4.78 is 39.4. The van der Waals surface area contributed by atoms with E-state index in [0.717, 1.165) is 44.2 Å². The van der Waals surface area contributed by atoms with Crippen molar-refractivity contribution in [1.82, 2.24) is 7.43 Å². The Balaban J connectivity index is 1.22. The zero-order chi connectivity index (χ0) is 39.5. The van der Waals surface area contributed by atoms with E-state index in [1.54, 1.807) is 48.5 Å². The van der Waals surface area contributed by atoms with Gasteiger partial charge in [0.05, 0.1) is 0 Å². The van der Waals surface area contributed by atoms with Crippen LogP contribution in [0.5, 0.6) is 11.5 Å². The van der Waals surface area contributed by atoms with Gasteiger partial charge < -0.3 is 20.1 Å². The largest absolute Gasteiger partial charge is 0.814 e. The highest BCUT2D eigenvalue weighted by atomic mass is 31.2. The molecule has 6 aromatic carbocycles. The monoisotopic (exact) mass is 804 g/mol. The third kappa shape index (κ3) is 6.07. The lowest BCUT2D eigenvalue weighted by Gasteiger charge is -2.30.